The zero-order valence-corrected chi connectivity index (χ0v) is 12.2. The number of hydrogen-bond donors (Lipinski definition) is 1. The molecule has 2 nitrogen and oxygen atoms in total. The van der Waals surface area contributed by atoms with Crippen LogP contribution in [0.1, 0.15) is 15.9 Å². The van der Waals surface area contributed by atoms with E-state index in [4.69, 9.17) is 11.6 Å². The zero-order chi connectivity index (χ0) is 12.7. The van der Waals surface area contributed by atoms with Crippen LogP contribution in [0.3, 0.4) is 0 Å². The van der Waals surface area contributed by atoms with Crippen LogP contribution < -0.4 is 0 Å². The summed E-state index contributed by atoms with van der Waals surface area (Å²) >= 11 is 10.9. The van der Waals surface area contributed by atoms with Crippen molar-refractivity contribution in [3.63, 3.8) is 0 Å². The summed E-state index contributed by atoms with van der Waals surface area (Å²) in [7, 11) is 0. The second-order valence-corrected chi connectivity index (χ2v) is 6.53. The third kappa shape index (κ3) is 1.90. The molecular weight excluding hydrogens is 334 g/mol. The third-order valence-corrected chi connectivity index (χ3v) is 4.56. The van der Waals surface area contributed by atoms with Gasteiger partial charge in [0.05, 0.1) is 14.3 Å². The predicted molar refractivity (Wildman–Crippen MR) is 78.8 cm³/mol. The molecule has 0 saturated heterocycles. The zero-order valence-electron chi connectivity index (χ0n) is 9.04. The standard InChI is InChI=1S/C13H7BrClNOS/c14-11-4-7(6-18-11)13(17)9-5-16-12-8(9)2-1-3-10(12)15/h1-6,16H. The summed E-state index contributed by atoms with van der Waals surface area (Å²) < 4.78 is 0.948. The van der Waals surface area contributed by atoms with Crippen LogP contribution in [0.2, 0.25) is 5.02 Å². The fourth-order valence-electron chi connectivity index (χ4n) is 1.89. The van der Waals surface area contributed by atoms with Crippen LogP contribution >= 0.6 is 38.9 Å². The Morgan fingerprint density at radius 1 is 1.39 bits per heavy atom. The second kappa shape index (κ2) is 4.53. The summed E-state index contributed by atoms with van der Waals surface area (Å²) in [5, 5.41) is 3.32. The highest BCUT2D eigenvalue weighted by Gasteiger charge is 2.16. The molecule has 0 radical (unpaired) electrons. The molecule has 0 fully saturated rings. The normalized spacial score (nSPS) is 11.0. The van der Waals surface area contributed by atoms with Gasteiger partial charge in [0.15, 0.2) is 5.78 Å². The number of fused-ring (bicyclic) bond motifs is 1. The molecule has 0 unspecified atom stereocenters. The van der Waals surface area contributed by atoms with E-state index in [1.54, 1.807) is 12.3 Å². The lowest BCUT2D eigenvalue weighted by atomic mass is 10.1. The lowest BCUT2D eigenvalue weighted by molar-refractivity contribution is 0.104. The fraction of sp³-hybridized carbons (Fsp3) is 0. The van der Waals surface area contributed by atoms with Crippen molar-refractivity contribution in [1.82, 2.24) is 4.98 Å². The molecule has 0 amide bonds. The minimum atomic E-state index is 0.00506. The van der Waals surface area contributed by atoms with Gasteiger partial charge in [-0.3, -0.25) is 4.79 Å². The molecule has 2 heterocycles. The van der Waals surface area contributed by atoms with Crippen LogP contribution in [-0.2, 0) is 0 Å². The van der Waals surface area contributed by atoms with Gasteiger partial charge >= 0.3 is 0 Å². The van der Waals surface area contributed by atoms with Crippen molar-refractivity contribution in [3.8, 4) is 0 Å². The lowest BCUT2D eigenvalue weighted by Crippen LogP contribution is -1.97. The van der Waals surface area contributed by atoms with Gasteiger partial charge in [-0.25, -0.2) is 0 Å². The van der Waals surface area contributed by atoms with E-state index in [0.717, 1.165) is 14.7 Å². The van der Waals surface area contributed by atoms with Crippen molar-refractivity contribution in [2.24, 2.45) is 0 Å². The van der Waals surface area contributed by atoms with E-state index < -0.39 is 0 Å². The maximum absolute atomic E-state index is 12.4. The summed E-state index contributed by atoms with van der Waals surface area (Å²) in [6, 6.07) is 7.37. The van der Waals surface area contributed by atoms with Crippen LogP contribution in [-0.4, -0.2) is 10.8 Å². The van der Waals surface area contributed by atoms with E-state index in [1.807, 2.05) is 23.6 Å². The van der Waals surface area contributed by atoms with Crippen LogP contribution in [0.15, 0.2) is 39.6 Å². The number of aromatic amines is 1. The molecule has 1 aromatic carbocycles. The first kappa shape index (κ1) is 12.0. The average Bonchev–Trinajstić information content (AvgIpc) is 2.95. The molecule has 0 atom stereocenters. The number of para-hydroxylation sites is 1. The van der Waals surface area contributed by atoms with E-state index in [0.29, 0.717) is 16.1 Å². The maximum atomic E-state index is 12.4. The number of carbonyl (C=O) groups is 1. The molecule has 2 aromatic heterocycles. The number of nitrogens with one attached hydrogen (secondary N) is 1. The molecule has 0 spiro atoms. The molecule has 0 aliphatic heterocycles. The van der Waals surface area contributed by atoms with Gasteiger partial charge in [-0.15, -0.1) is 11.3 Å². The first-order chi connectivity index (χ1) is 8.66. The quantitative estimate of drug-likeness (QED) is 0.663. The van der Waals surface area contributed by atoms with Crippen LogP contribution in [0.25, 0.3) is 10.9 Å². The largest absolute Gasteiger partial charge is 0.359 e. The minimum Gasteiger partial charge on any atom is -0.359 e. The summed E-state index contributed by atoms with van der Waals surface area (Å²) in [6.45, 7) is 0. The smallest absolute Gasteiger partial charge is 0.196 e. The molecule has 0 aliphatic rings. The van der Waals surface area contributed by atoms with Gasteiger partial charge in [0, 0.05) is 28.1 Å². The van der Waals surface area contributed by atoms with Gasteiger partial charge in [-0.2, -0.15) is 0 Å². The summed E-state index contributed by atoms with van der Waals surface area (Å²) in [5.74, 6) is 0.00506. The highest BCUT2D eigenvalue weighted by Crippen LogP contribution is 2.28. The third-order valence-electron chi connectivity index (χ3n) is 2.74. The summed E-state index contributed by atoms with van der Waals surface area (Å²) in [5.41, 5.74) is 2.14. The van der Waals surface area contributed by atoms with Gasteiger partial charge in [0.2, 0.25) is 0 Å². The van der Waals surface area contributed by atoms with Gasteiger partial charge in [0.1, 0.15) is 0 Å². The highest BCUT2D eigenvalue weighted by atomic mass is 79.9. The van der Waals surface area contributed by atoms with Crippen molar-refractivity contribution in [3.05, 3.63) is 55.8 Å². The Morgan fingerprint density at radius 3 is 2.94 bits per heavy atom. The first-order valence-corrected chi connectivity index (χ1v) is 7.26. The first-order valence-electron chi connectivity index (χ1n) is 5.21. The number of H-pyrrole nitrogens is 1. The Hall–Kier alpha value is -1.10. The minimum absolute atomic E-state index is 0.00506. The van der Waals surface area contributed by atoms with E-state index in [9.17, 15) is 4.79 Å². The topological polar surface area (TPSA) is 32.9 Å². The average molecular weight is 341 g/mol. The highest BCUT2D eigenvalue weighted by molar-refractivity contribution is 9.11. The Balaban J connectivity index is 2.15. The molecule has 1 N–H and O–H groups in total. The van der Waals surface area contributed by atoms with E-state index >= 15 is 0 Å². The molecule has 3 rings (SSSR count). The Labute approximate surface area is 121 Å². The molecule has 5 heteroatoms. The Morgan fingerprint density at radius 2 is 2.22 bits per heavy atom. The predicted octanol–water partition coefficient (Wildman–Crippen LogP) is 4.88. The number of rotatable bonds is 2. The molecule has 0 aliphatic carbocycles. The molecule has 18 heavy (non-hydrogen) atoms. The Bertz CT molecular complexity index is 746. The molecule has 90 valence electrons. The van der Waals surface area contributed by atoms with E-state index in [-0.39, 0.29) is 5.78 Å². The molecular formula is C13H7BrClNOS. The van der Waals surface area contributed by atoms with E-state index in [2.05, 4.69) is 20.9 Å². The van der Waals surface area contributed by atoms with Gasteiger partial charge in [-0.05, 0) is 28.1 Å². The fourth-order valence-corrected chi connectivity index (χ4v) is 3.26. The van der Waals surface area contributed by atoms with Crippen molar-refractivity contribution in [1.29, 1.82) is 0 Å². The van der Waals surface area contributed by atoms with Gasteiger partial charge < -0.3 is 4.98 Å². The number of carbonyl (C=O) groups excluding carboxylic acids is 1. The molecule has 3 aromatic rings. The summed E-state index contributed by atoms with van der Waals surface area (Å²) in [4.78, 5) is 15.4. The number of ketones is 1. The second-order valence-electron chi connectivity index (χ2n) is 3.83. The molecule has 0 bridgehead atoms. The van der Waals surface area contributed by atoms with Crippen LogP contribution in [0.5, 0.6) is 0 Å². The van der Waals surface area contributed by atoms with Crippen molar-refractivity contribution in [2.75, 3.05) is 0 Å². The number of halogens is 2. The van der Waals surface area contributed by atoms with Crippen LogP contribution in [0.4, 0.5) is 0 Å². The number of benzene rings is 1. The van der Waals surface area contributed by atoms with Crippen molar-refractivity contribution >= 4 is 55.6 Å². The molecule has 0 saturated carbocycles. The number of thiophene rings is 1. The van der Waals surface area contributed by atoms with Crippen molar-refractivity contribution in [2.45, 2.75) is 0 Å². The summed E-state index contributed by atoms with van der Waals surface area (Å²) in [6.07, 6.45) is 1.71. The number of aromatic nitrogens is 1. The Kier molecular flexibility index (Phi) is 3.01. The van der Waals surface area contributed by atoms with Crippen LogP contribution in [0, 0.1) is 0 Å². The van der Waals surface area contributed by atoms with Gasteiger partial charge in [-0.1, -0.05) is 23.7 Å². The lowest BCUT2D eigenvalue weighted by Gasteiger charge is -1.97. The SMILES string of the molecule is O=C(c1csc(Br)c1)c1c[nH]c2c(Cl)cccc12. The van der Waals surface area contributed by atoms with Gasteiger partial charge in [0.25, 0.3) is 0 Å². The maximum Gasteiger partial charge on any atom is 0.196 e. The monoisotopic (exact) mass is 339 g/mol. The van der Waals surface area contributed by atoms with E-state index in [1.165, 1.54) is 11.3 Å². The van der Waals surface area contributed by atoms with Crippen molar-refractivity contribution < 1.29 is 4.79 Å². The number of hydrogen-bond acceptors (Lipinski definition) is 2.